The van der Waals surface area contributed by atoms with Gasteiger partial charge in [-0.05, 0) is 50.2 Å². The molecule has 6 nitrogen and oxygen atoms in total. The predicted molar refractivity (Wildman–Crippen MR) is 174 cm³/mol. The molecular weight excluding hydrogens is 546 g/mol. The molecule has 1 saturated heterocycles. The topological polar surface area (TPSA) is 61.8 Å². The van der Waals surface area contributed by atoms with Crippen molar-refractivity contribution in [3.05, 3.63) is 29.8 Å². The first kappa shape index (κ1) is 37.2. The lowest BCUT2D eigenvalue weighted by atomic mass is 9.82. The average Bonchev–Trinajstić information content (AvgIpc) is 3.41. The van der Waals surface area contributed by atoms with Gasteiger partial charge < -0.3 is 14.0 Å². The molecule has 0 saturated carbocycles. The molecule has 0 aliphatic carbocycles. The molecule has 42 heavy (non-hydrogen) atoms. The molecule has 0 aromatic heterocycles. The first-order valence-electron chi connectivity index (χ1n) is 17.1. The second-order valence-corrected chi connectivity index (χ2v) is 15.2. The fourth-order valence-corrected chi connectivity index (χ4v) is 7.25. The Morgan fingerprint density at radius 2 is 1.40 bits per heavy atom. The van der Waals surface area contributed by atoms with E-state index in [2.05, 4.69) is 13.8 Å². The predicted octanol–water partition coefficient (Wildman–Crippen LogP) is 8.66. The summed E-state index contributed by atoms with van der Waals surface area (Å²) in [5.74, 6) is 1.49. The normalized spacial score (nSPS) is 19.3. The lowest BCUT2D eigenvalue weighted by Crippen LogP contribution is -2.47. The van der Waals surface area contributed by atoms with E-state index in [1.165, 1.54) is 70.6 Å². The zero-order valence-electron chi connectivity index (χ0n) is 28.0. The number of benzene rings is 1. The molecule has 0 radical (unpaired) electrons. The van der Waals surface area contributed by atoms with E-state index in [1.54, 1.807) is 24.3 Å². The van der Waals surface area contributed by atoms with Crippen LogP contribution in [0.5, 0.6) is 0 Å². The molecule has 1 heterocycles. The Balaban J connectivity index is 1.67. The highest BCUT2D eigenvalue weighted by Crippen LogP contribution is 2.34. The van der Waals surface area contributed by atoms with Crippen LogP contribution in [-0.2, 0) is 23.8 Å². The van der Waals surface area contributed by atoms with Gasteiger partial charge >= 0.3 is 10.1 Å². The van der Waals surface area contributed by atoms with Gasteiger partial charge in [0.25, 0.3) is 0 Å². The Morgan fingerprint density at radius 1 is 0.833 bits per heavy atom. The fraction of sp³-hybridized carbons (Fsp3) is 0.829. The minimum absolute atomic E-state index is 0.214. The molecule has 1 aromatic rings. The molecule has 4 atom stereocenters. The summed E-state index contributed by atoms with van der Waals surface area (Å²) in [6.07, 6.45) is 19.4. The average molecular weight is 611 g/mol. The fourth-order valence-electron chi connectivity index (χ4n) is 6.02. The first-order chi connectivity index (χ1) is 20.1. The molecular formula is C35H64NO5S+. The Kier molecular flexibility index (Phi) is 17.8. The maximum absolute atomic E-state index is 12.9. The van der Waals surface area contributed by atoms with Crippen molar-refractivity contribution in [1.29, 1.82) is 0 Å². The molecule has 0 amide bonds. The van der Waals surface area contributed by atoms with Crippen LogP contribution >= 0.6 is 0 Å². The third-order valence-electron chi connectivity index (χ3n) is 8.84. The van der Waals surface area contributed by atoms with Gasteiger partial charge in [-0.15, -0.1) is 0 Å². The summed E-state index contributed by atoms with van der Waals surface area (Å²) in [4.78, 5) is 0.214. The highest BCUT2D eigenvalue weighted by atomic mass is 32.2. The van der Waals surface area contributed by atoms with Gasteiger partial charge in [-0.3, -0.25) is 0 Å². The van der Waals surface area contributed by atoms with Crippen LogP contribution in [0.15, 0.2) is 29.2 Å². The monoisotopic (exact) mass is 610 g/mol. The first-order valence-corrected chi connectivity index (χ1v) is 18.5. The van der Waals surface area contributed by atoms with Crippen LogP contribution in [-0.4, -0.2) is 66.2 Å². The van der Waals surface area contributed by atoms with E-state index in [0.29, 0.717) is 23.4 Å². The van der Waals surface area contributed by atoms with Gasteiger partial charge in [0, 0.05) is 13.0 Å². The summed E-state index contributed by atoms with van der Waals surface area (Å²) in [5, 5.41) is 0. The number of rotatable bonds is 24. The second kappa shape index (κ2) is 20.1. The number of hydrogen-bond donors (Lipinski definition) is 0. The maximum Gasteiger partial charge on any atom is 0.301 e. The summed E-state index contributed by atoms with van der Waals surface area (Å²) < 4.78 is 44.1. The molecule has 0 bridgehead atoms. The molecule has 0 N–H and O–H groups in total. The van der Waals surface area contributed by atoms with Crippen LogP contribution in [0.1, 0.15) is 122 Å². The van der Waals surface area contributed by atoms with Crippen molar-refractivity contribution in [1.82, 2.24) is 0 Å². The number of ether oxygens (including phenoxy) is 2. The van der Waals surface area contributed by atoms with Crippen molar-refractivity contribution < 1.29 is 26.6 Å². The SMILES string of the molecule is CCCCCCCCC(CCCCC)C1COC(COCCCCCC(OS(=O)(=O)c2ccc(C)cc2)[N+](C)(C)C)C1. The van der Waals surface area contributed by atoms with Gasteiger partial charge in [0.05, 0.1) is 45.4 Å². The Hall–Kier alpha value is -0.990. The smallest absolute Gasteiger partial charge is 0.301 e. The summed E-state index contributed by atoms with van der Waals surface area (Å²) in [7, 11) is 2.14. The molecule has 4 unspecified atom stereocenters. The highest BCUT2D eigenvalue weighted by Gasteiger charge is 2.32. The van der Waals surface area contributed by atoms with E-state index in [1.807, 2.05) is 28.1 Å². The number of unbranched alkanes of at least 4 members (excludes halogenated alkanes) is 9. The van der Waals surface area contributed by atoms with E-state index < -0.39 is 16.3 Å². The molecule has 1 fully saturated rings. The number of nitrogens with zero attached hydrogens (tertiary/aromatic N) is 1. The molecule has 1 aliphatic rings. The molecule has 1 aromatic carbocycles. The van der Waals surface area contributed by atoms with E-state index >= 15 is 0 Å². The van der Waals surface area contributed by atoms with Crippen molar-refractivity contribution in [3.8, 4) is 0 Å². The lowest BCUT2D eigenvalue weighted by molar-refractivity contribution is -0.915. The lowest BCUT2D eigenvalue weighted by Gasteiger charge is -2.33. The van der Waals surface area contributed by atoms with Crippen LogP contribution in [0.3, 0.4) is 0 Å². The van der Waals surface area contributed by atoms with Crippen molar-refractivity contribution >= 4 is 10.1 Å². The van der Waals surface area contributed by atoms with Gasteiger partial charge in [-0.1, -0.05) is 109 Å². The maximum atomic E-state index is 12.9. The Bertz CT molecular complexity index is 928. The van der Waals surface area contributed by atoms with E-state index in [4.69, 9.17) is 13.7 Å². The number of aryl methyl sites for hydroxylation is 1. The summed E-state index contributed by atoms with van der Waals surface area (Å²) >= 11 is 0. The standard InChI is InChI=1S/C35H64NO5S/c1-7-9-11-12-13-16-20-31(19-15-10-8-2)32-27-33(40-28-32)29-39-26-18-14-17-21-35(36(4,5)6)41-42(37,38)34-24-22-30(3)23-25-34/h22-25,31-33,35H,7-21,26-29H2,1-6H3/q+1. The summed E-state index contributed by atoms with van der Waals surface area (Å²) in [5.41, 5.74) is 1.02. The Labute approximate surface area is 259 Å². The number of quaternary nitrogens is 1. The largest absolute Gasteiger partial charge is 0.379 e. The van der Waals surface area contributed by atoms with Crippen LogP contribution in [0.25, 0.3) is 0 Å². The summed E-state index contributed by atoms with van der Waals surface area (Å²) in [6, 6.07) is 6.84. The van der Waals surface area contributed by atoms with Gasteiger partial charge in [0.1, 0.15) is 0 Å². The minimum Gasteiger partial charge on any atom is -0.379 e. The number of hydrogen-bond acceptors (Lipinski definition) is 5. The second-order valence-electron chi connectivity index (χ2n) is 13.6. The van der Waals surface area contributed by atoms with E-state index in [-0.39, 0.29) is 11.0 Å². The van der Waals surface area contributed by atoms with Crippen molar-refractivity contribution in [3.63, 3.8) is 0 Å². The third kappa shape index (κ3) is 14.7. The van der Waals surface area contributed by atoms with Crippen LogP contribution < -0.4 is 0 Å². The summed E-state index contributed by atoms with van der Waals surface area (Å²) in [6.45, 7) is 8.83. The zero-order chi connectivity index (χ0) is 30.8. The molecule has 1 aliphatic heterocycles. The molecule has 2 rings (SSSR count). The minimum atomic E-state index is -3.80. The molecule has 7 heteroatoms. The van der Waals surface area contributed by atoms with Crippen molar-refractivity contribution in [2.75, 3.05) is 41.0 Å². The van der Waals surface area contributed by atoms with Crippen LogP contribution in [0, 0.1) is 18.8 Å². The van der Waals surface area contributed by atoms with E-state index in [9.17, 15) is 8.42 Å². The van der Waals surface area contributed by atoms with Gasteiger partial charge in [-0.2, -0.15) is 8.42 Å². The van der Waals surface area contributed by atoms with Crippen LogP contribution in [0.2, 0.25) is 0 Å². The van der Waals surface area contributed by atoms with E-state index in [0.717, 1.165) is 50.4 Å². The zero-order valence-corrected chi connectivity index (χ0v) is 28.8. The molecule has 0 spiro atoms. The quantitative estimate of drug-likeness (QED) is 0.0507. The van der Waals surface area contributed by atoms with Crippen molar-refractivity contribution in [2.24, 2.45) is 11.8 Å². The van der Waals surface area contributed by atoms with Crippen LogP contribution in [0.4, 0.5) is 0 Å². The van der Waals surface area contributed by atoms with Gasteiger partial charge in [-0.25, -0.2) is 4.18 Å². The molecule has 244 valence electrons. The third-order valence-corrected chi connectivity index (χ3v) is 10.2. The Morgan fingerprint density at radius 3 is 2.07 bits per heavy atom. The van der Waals surface area contributed by atoms with Gasteiger partial charge in [0.15, 0.2) is 0 Å². The van der Waals surface area contributed by atoms with Gasteiger partial charge in [0.2, 0.25) is 6.23 Å². The highest BCUT2D eigenvalue weighted by molar-refractivity contribution is 7.86. The van der Waals surface area contributed by atoms with Crippen molar-refractivity contribution in [2.45, 2.75) is 141 Å².